The lowest BCUT2D eigenvalue weighted by atomic mass is 10.1. The second kappa shape index (κ2) is 4.65. The van der Waals surface area contributed by atoms with E-state index in [-0.39, 0.29) is 5.97 Å². The highest BCUT2D eigenvalue weighted by atomic mass is 16.5. The van der Waals surface area contributed by atoms with Crippen molar-refractivity contribution in [2.75, 3.05) is 12.8 Å². The van der Waals surface area contributed by atoms with Gasteiger partial charge in [0.25, 0.3) is 0 Å². The van der Waals surface area contributed by atoms with Gasteiger partial charge in [-0.1, -0.05) is 18.2 Å². The minimum Gasteiger partial charge on any atom is -0.465 e. The molecule has 2 aromatic rings. The van der Waals surface area contributed by atoms with Crippen molar-refractivity contribution in [3.05, 3.63) is 48.0 Å². The van der Waals surface area contributed by atoms with Crippen LogP contribution in [0.4, 0.5) is 5.82 Å². The summed E-state index contributed by atoms with van der Waals surface area (Å²) in [5.74, 6) is 0.0849. The number of nitrogens with zero attached hydrogens (tertiary/aromatic N) is 1. The molecule has 0 aliphatic rings. The van der Waals surface area contributed by atoms with Crippen LogP contribution < -0.4 is 5.73 Å². The highest BCUT2D eigenvalue weighted by Crippen LogP contribution is 2.19. The van der Waals surface area contributed by atoms with E-state index >= 15 is 0 Å². The average molecular weight is 228 g/mol. The number of hydrogen-bond acceptors (Lipinski definition) is 4. The maximum Gasteiger partial charge on any atom is 0.337 e. The normalized spacial score (nSPS) is 9.94. The summed E-state index contributed by atoms with van der Waals surface area (Å²) in [6.07, 6.45) is 0. The van der Waals surface area contributed by atoms with Crippen LogP contribution in [0.2, 0.25) is 0 Å². The molecule has 17 heavy (non-hydrogen) atoms. The number of ether oxygens (including phenoxy) is 1. The van der Waals surface area contributed by atoms with Gasteiger partial charge in [-0.05, 0) is 24.3 Å². The second-order valence-corrected chi connectivity index (χ2v) is 3.52. The summed E-state index contributed by atoms with van der Waals surface area (Å²) in [6.45, 7) is 0. The van der Waals surface area contributed by atoms with Gasteiger partial charge in [-0.25, -0.2) is 9.78 Å². The highest BCUT2D eigenvalue weighted by Gasteiger charge is 2.07. The summed E-state index contributed by atoms with van der Waals surface area (Å²) in [7, 11) is 1.35. The molecule has 0 saturated heterocycles. The maximum absolute atomic E-state index is 11.4. The van der Waals surface area contributed by atoms with Crippen LogP contribution in [-0.4, -0.2) is 18.1 Å². The maximum atomic E-state index is 11.4. The molecule has 0 spiro atoms. The van der Waals surface area contributed by atoms with Gasteiger partial charge in [0.05, 0.1) is 18.4 Å². The molecule has 4 heteroatoms. The number of carbonyl (C=O) groups is 1. The van der Waals surface area contributed by atoms with Crippen molar-refractivity contribution >= 4 is 11.8 Å². The van der Waals surface area contributed by atoms with E-state index in [1.165, 1.54) is 7.11 Å². The third kappa shape index (κ3) is 2.42. The highest BCUT2D eigenvalue weighted by molar-refractivity contribution is 5.90. The molecule has 0 radical (unpaired) electrons. The Labute approximate surface area is 99.1 Å². The summed E-state index contributed by atoms with van der Waals surface area (Å²) in [5.41, 5.74) is 7.68. The molecule has 0 saturated carbocycles. The minimum absolute atomic E-state index is 0.365. The lowest BCUT2D eigenvalue weighted by Gasteiger charge is -2.04. The zero-order valence-corrected chi connectivity index (χ0v) is 9.38. The summed E-state index contributed by atoms with van der Waals surface area (Å²) >= 11 is 0. The van der Waals surface area contributed by atoms with Crippen LogP contribution in [0.1, 0.15) is 10.4 Å². The van der Waals surface area contributed by atoms with E-state index in [9.17, 15) is 4.79 Å². The molecule has 0 aliphatic carbocycles. The lowest BCUT2D eigenvalue weighted by Crippen LogP contribution is -2.01. The van der Waals surface area contributed by atoms with Crippen molar-refractivity contribution < 1.29 is 9.53 Å². The molecule has 0 aliphatic heterocycles. The van der Waals surface area contributed by atoms with E-state index in [0.29, 0.717) is 11.4 Å². The fraction of sp³-hybridized carbons (Fsp3) is 0.0769. The topological polar surface area (TPSA) is 65.2 Å². The number of nitrogen functional groups attached to an aromatic ring is 1. The van der Waals surface area contributed by atoms with E-state index < -0.39 is 0 Å². The quantitative estimate of drug-likeness (QED) is 0.799. The number of pyridine rings is 1. The fourth-order valence-electron chi connectivity index (χ4n) is 1.54. The van der Waals surface area contributed by atoms with E-state index in [1.807, 2.05) is 18.2 Å². The Morgan fingerprint density at radius 1 is 1.24 bits per heavy atom. The molecule has 1 aromatic carbocycles. The van der Waals surface area contributed by atoms with Crippen LogP contribution >= 0.6 is 0 Å². The number of anilines is 1. The molecule has 0 unspecified atom stereocenters. The largest absolute Gasteiger partial charge is 0.465 e. The number of nitrogens with two attached hydrogens (primary N) is 1. The van der Waals surface area contributed by atoms with Crippen molar-refractivity contribution in [3.8, 4) is 11.3 Å². The first-order chi connectivity index (χ1) is 8.20. The molecular formula is C13H12N2O2. The van der Waals surface area contributed by atoms with Gasteiger partial charge >= 0.3 is 5.97 Å². The molecule has 1 aromatic heterocycles. The zero-order valence-electron chi connectivity index (χ0n) is 9.38. The number of rotatable bonds is 2. The predicted octanol–water partition coefficient (Wildman–Crippen LogP) is 2.12. The van der Waals surface area contributed by atoms with Gasteiger partial charge < -0.3 is 10.5 Å². The van der Waals surface area contributed by atoms with E-state index in [0.717, 1.165) is 11.3 Å². The number of hydrogen-bond donors (Lipinski definition) is 1. The lowest BCUT2D eigenvalue weighted by molar-refractivity contribution is 0.0601. The van der Waals surface area contributed by atoms with Gasteiger partial charge in [0.15, 0.2) is 0 Å². The smallest absolute Gasteiger partial charge is 0.337 e. The van der Waals surface area contributed by atoms with Gasteiger partial charge in [0.2, 0.25) is 0 Å². The van der Waals surface area contributed by atoms with Gasteiger partial charge in [0.1, 0.15) is 5.82 Å². The number of carbonyl (C=O) groups excluding carboxylic acids is 1. The molecule has 0 atom stereocenters. The SMILES string of the molecule is COC(=O)c1cccc(-c2cccc(N)n2)c1. The van der Waals surface area contributed by atoms with Gasteiger partial charge in [-0.3, -0.25) is 0 Å². The van der Waals surface area contributed by atoms with Gasteiger partial charge in [-0.2, -0.15) is 0 Å². The summed E-state index contributed by atoms with van der Waals surface area (Å²) in [5, 5.41) is 0. The Morgan fingerprint density at radius 2 is 2.00 bits per heavy atom. The molecule has 4 nitrogen and oxygen atoms in total. The van der Waals surface area contributed by atoms with E-state index in [4.69, 9.17) is 5.73 Å². The minimum atomic E-state index is -0.365. The average Bonchev–Trinajstić information content (AvgIpc) is 2.38. The van der Waals surface area contributed by atoms with E-state index in [1.54, 1.807) is 24.3 Å². The van der Waals surface area contributed by atoms with Crippen molar-refractivity contribution in [3.63, 3.8) is 0 Å². The van der Waals surface area contributed by atoms with Crippen LogP contribution in [0.5, 0.6) is 0 Å². The molecule has 86 valence electrons. The Hall–Kier alpha value is -2.36. The summed E-state index contributed by atoms with van der Waals surface area (Å²) in [6, 6.07) is 12.5. The fourth-order valence-corrected chi connectivity index (χ4v) is 1.54. The van der Waals surface area contributed by atoms with Crippen molar-refractivity contribution in [2.24, 2.45) is 0 Å². The first-order valence-corrected chi connectivity index (χ1v) is 5.12. The Kier molecular flexibility index (Phi) is 3.05. The van der Waals surface area contributed by atoms with Crippen LogP contribution in [0.25, 0.3) is 11.3 Å². The molecule has 2 N–H and O–H groups in total. The molecule has 2 rings (SSSR count). The number of benzene rings is 1. The van der Waals surface area contributed by atoms with Crippen molar-refractivity contribution in [1.82, 2.24) is 4.98 Å². The Bertz CT molecular complexity index is 553. The van der Waals surface area contributed by atoms with Crippen LogP contribution in [0.3, 0.4) is 0 Å². The first-order valence-electron chi connectivity index (χ1n) is 5.12. The Morgan fingerprint density at radius 3 is 2.71 bits per heavy atom. The number of esters is 1. The molecule has 1 heterocycles. The first kappa shape index (κ1) is 11.1. The number of aromatic nitrogens is 1. The van der Waals surface area contributed by atoms with Crippen molar-refractivity contribution in [2.45, 2.75) is 0 Å². The third-order valence-electron chi connectivity index (χ3n) is 2.35. The predicted molar refractivity (Wildman–Crippen MR) is 65.4 cm³/mol. The van der Waals surface area contributed by atoms with Crippen molar-refractivity contribution in [1.29, 1.82) is 0 Å². The van der Waals surface area contributed by atoms with Crippen LogP contribution in [0.15, 0.2) is 42.5 Å². The molecule has 0 fully saturated rings. The second-order valence-electron chi connectivity index (χ2n) is 3.52. The van der Waals surface area contributed by atoms with E-state index in [2.05, 4.69) is 9.72 Å². The monoisotopic (exact) mass is 228 g/mol. The summed E-state index contributed by atoms with van der Waals surface area (Å²) < 4.78 is 4.67. The molecule has 0 amide bonds. The third-order valence-corrected chi connectivity index (χ3v) is 2.35. The van der Waals surface area contributed by atoms with Gasteiger partial charge in [-0.15, -0.1) is 0 Å². The van der Waals surface area contributed by atoms with Crippen LogP contribution in [0, 0.1) is 0 Å². The Balaban J connectivity index is 2.43. The molecule has 0 bridgehead atoms. The number of methoxy groups -OCH3 is 1. The summed E-state index contributed by atoms with van der Waals surface area (Å²) in [4.78, 5) is 15.6. The zero-order chi connectivity index (χ0) is 12.3. The standard InChI is InChI=1S/C13H12N2O2/c1-17-13(16)10-5-2-4-9(8-10)11-6-3-7-12(14)15-11/h2-8H,1H3,(H2,14,15). The van der Waals surface area contributed by atoms with Crippen LogP contribution in [-0.2, 0) is 4.74 Å². The van der Waals surface area contributed by atoms with Gasteiger partial charge in [0, 0.05) is 5.56 Å². The molecular weight excluding hydrogens is 216 g/mol.